The summed E-state index contributed by atoms with van der Waals surface area (Å²) in [4.78, 5) is 11.9. The Morgan fingerprint density at radius 2 is 1.83 bits per heavy atom. The number of aliphatic hydroxyl groups excluding tert-OH is 1. The standard InChI is InChI=1S/C22H32O2/c1-21-9-6-16(23)12-14(21)2-4-18-19(21)8-11-22-10-7-17(24)13-15(22)3-5-20(18)22/h7,10,14-16,18-20,23H,2-6,8-9,11-13H2,1H3/t14-,15+,16+,18?,19?,20?,21-,22+/m0/s1. The van der Waals surface area contributed by atoms with E-state index in [2.05, 4.69) is 13.0 Å². The third kappa shape index (κ3) is 1.95. The summed E-state index contributed by atoms with van der Waals surface area (Å²) >= 11 is 0. The largest absolute Gasteiger partial charge is 0.393 e. The van der Waals surface area contributed by atoms with Crippen LogP contribution in [-0.2, 0) is 4.79 Å². The summed E-state index contributed by atoms with van der Waals surface area (Å²) in [6, 6.07) is 0. The number of allylic oxidation sites excluding steroid dienone is 2. The molecule has 1 spiro atoms. The highest BCUT2D eigenvalue weighted by molar-refractivity contribution is 5.91. The zero-order valence-corrected chi connectivity index (χ0v) is 15.0. The SMILES string of the molecule is C[C@]12CC[C@@H](O)C[C@@H]1CCC1C3CC[C@@H]4CC(=O)C=C[C@]34CCC12. The van der Waals surface area contributed by atoms with E-state index in [4.69, 9.17) is 0 Å². The Morgan fingerprint density at radius 1 is 1.00 bits per heavy atom. The van der Waals surface area contributed by atoms with Crippen LogP contribution in [0.5, 0.6) is 0 Å². The normalized spacial score (nSPS) is 56.2. The Labute approximate surface area is 146 Å². The summed E-state index contributed by atoms with van der Waals surface area (Å²) in [7, 11) is 0. The molecule has 5 aliphatic rings. The van der Waals surface area contributed by atoms with Crippen LogP contribution >= 0.6 is 0 Å². The van der Waals surface area contributed by atoms with Gasteiger partial charge in [-0.25, -0.2) is 0 Å². The van der Waals surface area contributed by atoms with Crippen molar-refractivity contribution in [1.82, 2.24) is 0 Å². The van der Waals surface area contributed by atoms with Crippen molar-refractivity contribution in [1.29, 1.82) is 0 Å². The molecule has 0 aliphatic heterocycles. The topological polar surface area (TPSA) is 37.3 Å². The highest BCUT2D eigenvalue weighted by atomic mass is 16.3. The van der Waals surface area contributed by atoms with Gasteiger partial charge in [-0.2, -0.15) is 0 Å². The van der Waals surface area contributed by atoms with Gasteiger partial charge in [-0.3, -0.25) is 4.79 Å². The number of carbonyl (C=O) groups is 1. The minimum atomic E-state index is -0.0438. The Morgan fingerprint density at radius 3 is 2.71 bits per heavy atom. The molecule has 5 rings (SSSR count). The molecule has 8 atom stereocenters. The molecule has 24 heavy (non-hydrogen) atoms. The summed E-state index contributed by atoms with van der Waals surface area (Å²) in [6.07, 6.45) is 16.4. The van der Waals surface area contributed by atoms with Gasteiger partial charge in [0.25, 0.3) is 0 Å². The fourth-order valence-corrected chi connectivity index (χ4v) is 8.26. The summed E-state index contributed by atoms with van der Waals surface area (Å²) in [5.74, 6) is 4.32. The van der Waals surface area contributed by atoms with Crippen LogP contribution in [0.25, 0.3) is 0 Å². The van der Waals surface area contributed by atoms with Crippen LogP contribution in [-0.4, -0.2) is 17.0 Å². The van der Waals surface area contributed by atoms with E-state index in [1.165, 1.54) is 44.9 Å². The van der Waals surface area contributed by atoms with Crippen LogP contribution in [0.15, 0.2) is 12.2 Å². The molecule has 0 amide bonds. The number of rotatable bonds is 0. The lowest BCUT2D eigenvalue weighted by Crippen LogP contribution is -2.54. The van der Waals surface area contributed by atoms with E-state index >= 15 is 0 Å². The molecule has 4 fully saturated rings. The molecule has 2 heteroatoms. The predicted molar refractivity (Wildman–Crippen MR) is 94.3 cm³/mol. The van der Waals surface area contributed by atoms with Crippen molar-refractivity contribution < 1.29 is 9.90 Å². The van der Waals surface area contributed by atoms with Gasteiger partial charge < -0.3 is 5.11 Å². The molecule has 0 aromatic rings. The lowest BCUT2D eigenvalue weighted by molar-refractivity contribution is -0.127. The maximum atomic E-state index is 11.9. The predicted octanol–water partition coefficient (Wildman–Crippen LogP) is 4.52. The molecule has 0 saturated heterocycles. The van der Waals surface area contributed by atoms with E-state index in [0.29, 0.717) is 22.5 Å². The van der Waals surface area contributed by atoms with Gasteiger partial charge in [0.2, 0.25) is 0 Å². The fraction of sp³-hybridized carbons (Fsp3) is 0.864. The number of fused-ring (bicyclic) bond motifs is 4. The van der Waals surface area contributed by atoms with Crippen molar-refractivity contribution in [3.8, 4) is 0 Å². The summed E-state index contributed by atoms with van der Waals surface area (Å²) in [5, 5.41) is 10.1. The van der Waals surface area contributed by atoms with Gasteiger partial charge in [-0.15, -0.1) is 0 Å². The fourth-order valence-electron chi connectivity index (χ4n) is 8.26. The molecule has 5 aliphatic carbocycles. The van der Waals surface area contributed by atoms with E-state index in [1.54, 1.807) is 0 Å². The number of carbonyl (C=O) groups excluding carboxylic acids is 1. The van der Waals surface area contributed by atoms with Crippen molar-refractivity contribution >= 4 is 5.78 Å². The molecule has 0 radical (unpaired) electrons. The van der Waals surface area contributed by atoms with Crippen molar-refractivity contribution in [3.63, 3.8) is 0 Å². The molecular formula is C22H32O2. The molecule has 0 bridgehead atoms. The van der Waals surface area contributed by atoms with E-state index in [9.17, 15) is 9.90 Å². The second-order valence-corrected chi connectivity index (χ2v) is 10.0. The highest BCUT2D eigenvalue weighted by Crippen LogP contribution is 2.68. The molecule has 3 unspecified atom stereocenters. The molecule has 1 N–H and O–H groups in total. The second-order valence-electron chi connectivity index (χ2n) is 10.0. The molecule has 132 valence electrons. The Bertz CT molecular complexity index is 581. The second kappa shape index (κ2) is 5.19. The Balaban J connectivity index is 1.47. The van der Waals surface area contributed by atoms with E-state index in [0.717, 1.165) is 42.9 Å². The lowest BCUT2D eigenvalue weighted by atomic mass is 9.44. The van der Waals surface area contributed by atoms with Crippen LogP contribution in [0.1, 0.15) is 71.1 Å². The Hall–Kier alpha value is -0.630. The average molecular weight is 328 g/mol. The number of ketones is 1. The monoisotopic (exact) mass is 328 g/mol. The number of hydrogen-bond acceptors (Lipinski definition) is 2. The zero-order valence-electron chi connectivity index (χ0n) is 15.0. The van der Waals surface area contributed by atoms with E-state index < -0.39 is 0 Å². The van der Waals surface area contributed by atoms with Crippen LogP contribution in [0.3, 0.4) is 0 Å². The quantitative estimate of drug-likeness (QED) is 0.710. The van der Waals surface area contributed by atoms with E-state index in [-0.39, 0.29) is 6.10 Å². The van der Waals surface area contributed by atoms with Gasteiger partial charge in [-0.1, -0.05) is 13.0 Å². The van der Waals surface area contributed by atoms with Gasteiger partial charge in [0, 0.05) is 6.42 Å². The smallest absolute Gasteiger partial charge is 0.155 e. The first-order chi connectivity index (χ1) is 11.5. The van der Waals surface area contributed by atoms with Gasteiger partial charge in [0.1, 0.15) is 0 Å². The maximum Gasteiger partial charge on any atom is 0.155 e. The van der Waals surface area contributed by atoms with Gasteiger partial charge in [0.05, 0.1) is 6.10 Å². The molecule has 4 saturated carbocycles. The Kier molecular flexibility index (Phi) is 3.38. The van der Waals surface area contributed by atoms with E-state index in [1.807, 2.05) is 6.08 Å². The summed E-state index contributed by atoms with van der Waals surface area (Å²) in [5.41, 5.74) is 0.836. The van der Waals surface area contributed by atoms with Gasteiger partial charge in [-0.05, 0) is 104 Å². The van der Waals surface area contributed by atoms with Crippen LogP contribution in [0.2, 0.25) is 0 Å². The van der Waals surface area contributed by atoms with Gasteiger partial charge in [0.15, 0.2) is 5.78 Å². The van der Waals surface area contributed by atoms with Crippen molar-refractivity contribution in [2.75, 3.05) is 0 Å². The van der Waals surface area contributed by atoms with Crippen molar-refractivity contribution in [2.24, 2.45) is 40.4 Å². The third-order valence-corrected chi connectivity index (χ3v) is 9.43. The average Bonchev–Trinajstić information content (AvgIpc) is 2.94. The van der Waals surface area contributed by atoms with Crippen LogP contribution in [0, 0.1) is 40.4 Å². The molecule has 0 heterocycles. The van der Waals surface area contributed by atoms with Gasteiger partial charge >= 0.3 is 0 Å². The molecular weight excluding hydrogens is 296 g/mol. The van der Waals surface area contributed by atoms with Crippen LogP contribution in [0.4, 0.5) is 0 Å². The summed E-state index contributed by atoms with van der Waals surface area (Å²) in [6.45, 7) is 2.56. The number of aliphatic hydroxyl groups is 1. The lowest BCUT2D eigenvalue weighted by Gasteiger charge is -2.61. The van der Waals surface area contributed by atoms with Crippen molar-refractivity contribution in [2.45, 2.75) is 77.2 Å². The molecule has 0 aromatic carbocycles. The zero-order chi connectivity index (χ0) is 16.5. The molecule has 0 aromatic heterocycles. The minimum absolute atomic E-state index is 0.0438. The first-order valence-corrected chi connectivity index (χ1v) is 10.4. The maximum absolute atomic E-state index is 11.9. The van der Waals surface area contributed by atoms with Crippen LogP contribution < -0.4 is 0 Å². The minimum Gasteiger partial charge on any atom is -0.393 e. The third-order valence-electron chi connectivity index (χ3n) is 9.43. The first kappa shape index (κ1) is 15.6. The van der Waals surface area contributed by atoms with Crippen molar-refractivity contribution in [3.05, 3.63) is 12.2 Å². The number of hydrogen-bond donors (Lipinski definition) is 1. The summed E-state index contributed by atoms with van der Waals surface area (Å²) < 4.78 is 0. The first-order valence-electron chi connectivity index (χ1n) is 10.4. The highest BCUT2D eigenvalue weighted by Gasteiger charge is 2.61. The molecule has 2 nitrogen and oxygen atoms in total.